The molecule has 2 N–H and O–H groups in total. The highest BCUT2D eigenvalue weighted by molar-refractivity contribution is 7.90. The zero-order valence-electron chi connectivity index (χ0n) is 20.0. The van der Waals surface area contributed by atoms with E-state index in [1.807, 2.05) is 13.8 Å². The summed E-state index contributed by atoms with van der Waals surface area (Å²) in [4.78, 5) is 14.4. The Kier molecular flexibility index (Phi) is 7.70. The molecule has 10 heteroatoms. The Morgan fingerprint density at radius 3 is 2.15 bits per heavy atom. The van der Waals surface area contributed by atoms with Crippen LogP contribution in [0.5, 0.6) is 0 Å². The maximum Gasteiger partial charge on any atom is 0.227 e. The minimum Gasteiger partial charge on any atom is -0.372 e. The molecule has 1 saturated heterocycles. The molecule has 0 unspecified atom stereocenters. The predicted octanol–water partition coefficient (Wildman–Crippen LogP) is 3.79. The van der Waals surface area contributed by atoms with Gasteiger partial charge in [0.25, 0.3) is 0 Å². The van der Waals surface area contributed by atoms with Crippen molar-refractivity contribution in [3.05, 3.63) is 23.8 Å². The molecule has 2 aliphatic rings. The number of rotatable bonds is 5. The second kappa shape index (κ2) is 9.84. The Labute approximate surface area is 195 Å². The number of halogens is 2. The van der Waals surface area contributed by atoms with Gasteiger partial charge in [0, 0.05) is 25.0 Å². The molecule has 3 rings (SSSR count). The summed E-state index contributed by atoms with van der Waals surface area (Å²) in [7, 11) is -3.47. The fourth-order valence-electron chi connectivity index (χ4n) is 4.36. The van der Waals surface area contributed by atoms with Crippen molar-refractivity contribution in [3.63, 3.8) is 0 Å². The summed E-state index contributed by atoms with van der Waals surface area (Å²) in [5, 5.41) is 2.52. The van der Waals surface area contributed by atoms with Crippen LogP contribution in [0.2, 0.25) is 0 Å². The first-order chi connectivity index (χ1) is 15.3. The van der Waals surface area contributed by atoms with Crippen molar-refractivity contribution < 1.29 is 26.7 Å². The van der Waals surface area contributed by atoms with Gasteiger partial charge in [-0.3, -0.25) is 4.79 Å². The Bertz CT molecular complexity index is 963. The van der Waals surface area contributed by atoms with E-state index in [0.29, 0.717) is 38.8 Å². The molecule has 2 atom stereocenters. The molecule has 0 bridgehead atoms. The van der Waals surface area contributed by atoms with Gasteiger partial charge in [-0.05, 0) is 72.4 Å². The molecule has 1 aliphatic heterocycles. The lowest BCUT2D eigenvalue weighted by Crippen LogP contribution is -2.46. The Balaban J connectivity index is 1.60. The number of carbonyl (C=O) groups is 1. The molecule has 7 nitrogen and oxygen atoms in total. The molecule has 1 saturated carbocycles. The van der Waals surface area contributed by atoms with Crippen molar-refractivity contribution in [2.24, 2.45) is 5.92 Å². The summed E-state index contributed by atoms with van der Waals surface area (Å²) in [6.45, 7) is 9.57. The van der Waals surface area contributed by atoms with E-state index in [-0.39, 0.29) is 41.4 Å². The van der Waals surface area contributed by atoms with Crippen molar-refractivity contribution in [1.29, 1.82) is 0 Å². The van der Waals surface area contributed by atoms with E-state index < -0.39 is 26.4 Å². The highest BCUT2D eigenvalue weighted by atomic mass is 32.2. The van der Waals surface area contributed by atoms with Crippen molar-refractivity contribution in [1.82, 2.24) is 4.72 Å². The smallest absolute Gasteiger partial charge is 0.227 e. The van der Waals surface area contributed by atoms with Gasteiger partial charge in [0.05, 0.1) is 28.3 Å². The maximum absolute atomic E-state index is 14.8. The van der Waals surface area contributed by atoms with E-state index >= 15 is 0 Å². The summed E-state index contributed by atoms with van der Waals surface area (Å²) >= 11 is 0. The van der Waals surface area contributed by atoms with Gasteiger partial charge < -0.3 is 15.0 Å². The van der Waals surface area contributed by atoms with Crippen LogP contribution < -0.4 is 14.9 Å². The van der Waals surface area contributed by atoms with Gasteiger partial charge >= 0.3 is 0 Å². The zero-order chi connectivity index (χ0) is 24.6. The molecule has 1 aliphatic carbocycles. The number of morpholine rings is 1. The average molecular weight is 488 g/mol. The van der Waals surface area contributed by atoms with Crippen molar-refractivity contribution in [2.45, 2.75) is 83.3 Å². The van der Waals surface area contributed by atoms with Crippen LogP contribution in [-0.2, 0) is 19.6 Å². The number of ether oxygens (including phenoxy) is 1. The normalized spacial score (nSPS) is 26.8. The van der Waals surface area contributed by atoms with Crippen LogP contribution >= 0.6 is 0 Å². The number of nitrogens with one attached hydrogen (secondary N) is 2. The van der Waals surface area contributed by atoms with Crippen LogP contribution in [0.25, 0.3) is 0 Å². The van der Waals surface area contributed by atoms with Crippen LogP contribution in [-0.4, -0.2) is 50.4 Å². The molecule has 1 heterocycles. The highest BCUT2D eigenvalue weighted by Gasteiger charge is 2.34. The number of amides is 1. The number of hydrogen-bond donors (Lipinski definition) is 2. The molecule has 0 spiro atoms. The quantitative estimate of drug-likeness (QED) is 0.660. The van der Waals surface area contributed by atoms with Crippen LogP contribution in [0.15, 0.2) is 12.1 Å². The lowest BCUT2D eigenvalue weighted by Gasteiger charge is -2.37. The highest BCUT2D eigenvalue weighted by Crippen LogP contribution is 2.31. The number of sulfonamides is 1. The molecule has 33 heavy (non-hydrogen) atoms. The molecule has 0 aromatic heterocycles. The minimum absolute atomic E-state index is 0.0985. The largest absolute Gasteiger partial charge is 0.372 e. The number of hydrogen-bond acceptors (Lipinski definition) is 5. The first kappa shape index (κ1) is 25.8. The monoisotopic (exact) mass is 487 g/mol. The topological polar surface area (TPSA) is 87.7 Å². The molecule has 1 aromatic carbocycles. The molecule has 2 fully saturated rings. The molecular weight excluding hydrogens is 452 g/mol. The van der Waals surface area contributed by atoms with E-state index in [1.165, 1.54) is 12.1 Å². The van der Waals surface area contributed by atoms with Gasteiger partial charge in [-0.25, -0.2) is 21.9 Å². The van der Waals surface area contributed by atoms with Crippen LogP contribution in [0.1, 0.15) is 60.3 Å². The molecule has 1 aromatic rings. The van der Waals surface area contributed by atoms with Crippen molar-refractivity contribution in [3.8, 4) is 0 Å². The Morgan fingerprint density at radius 2 is 1.61 bits per heavy atom. The number of carbonyl (C=O) groups excluding carboxylic acids is 1. The summed E-state index contributed by atoms with van der Waals surface area (Å²) in [5.74, 6) is -2.84. The van der Waals surface area contributed by atoms with Gasteiger partial charge in [-0.15, -0.1) is 0 Å². The van der Waals surface area contributed by atoms with E-state index in [0.717, 1.165) is 0 Å². The third-order valence-electron chi connectivity index (χ3n) is 6.31. The maximum atomic E-state index is 14.8. The predicted molar refractivity (Wildman–Crippen MR) is 125 cm³/mol. The number of anilines is 2. The van der Waals surface area contributed by atoms with E-state index in [2.05, 4.69) is 10.0 Å². The molecule has 1 amide bonds. The van der Waals surface area contributed by atoms with Crippen molar-refractivity contribution in [2.75, 3.05) is 23.3 Å². The van der Waals surface area contributed by atoms with Crippen LogP contribution in [0.4, 0.5) is 20.2 Å². The lowest BCUT2D eigenvalue weighted by molar-refractivity contribution is -0.120. The first-order valence-corrected chi connectivity index (χ1v) is 13.0. The zero-order valence-corrected chi connectivity index (χ0v) is 20.8. The molecule has 0 radical (unpaired) electrons. The van der Waals surface area contributed by atoms with Crippen LogP contribution in [0.3, 0.4) is 0 Å². The summed E-state index contributed by atoms with van der Waals surface area (Å²) < 4.78 is 61.8. The Morgan fingerprint density at radius 1 is 1.03 bits per heavy atom. The second-order valence-corrected chi connectivity index (χ2v) is 12.7. The summed E-state index contributed by atoms with van der Waals surface area (Å²) in [6, 6.07) is 2.64. The standard InChI is InChI=1S/C23H35F2N3O4S/c1-14-12-28(13-15(2)32-14)19-11-10-18(20(24)21(19)25)26-22(29)16-6-8-17(9-7-16)27-33(30,31)23(3,4)5/h10-11,14-17,27H,6-9,12-13H2,1-5H3,(H,26,29)/t14-,15+,16?,17?. The minimum atomic E-state index is -3.47. The number of benzene rings is 1. The fraction of sp³-hybridized carbons (Fsp3) is 0.696. The van der Waals surface area contributed by atoms with Gasteiger partial charge in [-0.2, -0.15) is 0 Å². The molecule has 186 valence electrons. The number of nitrogens with zero attached hydrogens (tertiary/aromatic N) is 1. The third kappa shape index (κ3) is 6.02. The Hall–Kier alpha value is -1.78. The second-order valence-electron chi connectivity index (χ2n) is 10.2. The van der Waals surface area contributed by atoms with Crippen LogP contribution in [0, 0.1) is 17.6 Å². The van der Waals surface area contributed by atoms with Gasteiger partial charge in [0.1, 0.15) is 0 Å². The fourth-order valence-corrected chi connectivity index (χ4v) is 5.39. The van der Waals surface area contributed by atoms with Gasteiger partial charge in [0.2, 0.25) is 15.9 Å². The summed E-state index contributed by atoms with van der Waals surface area (Å²) in [5.41, 5.74) is -0.0368. The van der Waals surface area contributed by atoms with E-state index in [9.17, 15) is 22.0 Å². The summed E-state index contributed by atoms with van der Waals surface area (Å²) in [6.07, 6.45) is 1.76. The first-order valence-electron chi connectivity index (χ1n) is 11.5. The van der Waals surface area contributed by atoms with Gasteiger partial charge in [0.15, 0.2) is 11.6 Å². The molecular formula is C23H35F2N3O4S. The average Bonchev–Trinajstić information content (AvgIpc) is 2.70. The third-order valence-corrected chi connectivity index (χ3v) is 8.56. The van der Waals surface area contributed by atoms with E-state index in [1.54, 1.807) is 25.7 Å². The van der Waals surface area contributed by atoms with Crippen molar-refractivity contribution >= 4 is 27.3 Å². The lowest BCUT2D eigenvalue weighted by atomic mass is 9.86. The SMILES string of the molecule is C[C@@H]1CN(c2ccc(NC(=O)C3CCC(NS(=O)(=O)C(C)(C)C)CC3)c(F)c2F)C[C@H](C)O1. The van der Waals surface area contributed by atoms with E-state index in [4.69, 9.17) is 4.74 Å². The van der Waals surface area contributed by atoms with Gasteiger partial charge in [-0.1, -0.05) is 0 Å².